The number of rotatable bonds is 5. The zero-order valence-corrected chi connectivity index (χ0v) is 15.0. The lowest BCUT2D eigenvalue weighted by atomic mass is 9.99. The topological polar surface area (TPSA) is 84.6 Å². The second kappa shape index (κ2) is 7.53. The summed E-state index contributed by atoms with van der Waals surface area (Å²) in [6.07, 6.45) is 3.54. The minimum absolute atomic E-state index is 0.0659. The summed E-state index contributed by atoms with van der Waals surface area (Å²) < 4.78 is 4.53. The zero-order valence-electron chi connectivity index (χ0n) is 14.2. The first kappa shape index (κ1) is 18.7. The number of thioether (sulfide) groups is 1. The number of likely N-dealkylation sites (tertiary alicyclic amines) is 1. The number of imide groups is 1. The fraction of sp³-hybridized carbons (Fsp3) is 0.588. The standard InChI is InChI=1S/C17H23NO5S/c1-11(10-24-13(3)19)16(20)18(17(21)22)8-15(6-12(18)2)7-14-4-5-23-9-14/h4-5,9,11-12,15H,6-8,10H2,1-3H3/p+1/t11?,12?,15-,18+/m1/s1. The molecule has 6 nitrogen and oxygen atoms in total. The summed E-state index contributed by atoms with van der Waals surface area (Å²) in [7, 11) is 0. The molecule has 1 aromatic heterocycles. The molecule has 24 heavy (non-hydrogen) atoms. The molecule has 1 saturated heterocycles. The van der Waals surface area contributed by atoms with Gasteiger partial charge in [-0.2, -0.15) is 9.28 Å². The first-order valence-corrected chi connectivity index (χ1v) is 9.06. The molecule has 2 amide bonds. The lowest BCUT2D eigenvalue weighted by Gasteiger charge is -2.31. The zero-order chi connectivity index (χ0) is 17.9. The number of carbonyl (C=O) groups is 3. The molecule has 2 heterocycles. The Labute approximate surface area is 145 Å². The van der Waals surface area contributed by atoms with E-state index in [1.54, 1.807) is 19.5 Å². The van der Waals surface area contributed by atoms with E-state index in [1.165, 1.54) is 6.92 Å². The van der Waals surface area contributed by atoms with Crippen LogP contribution in [0.4, 0.5) is 4.79 Å². The van der Waals surface area contributed by atoms with Crippen LogP contribution < -0.4 is 0 Å². The summed E-state index contributed by atoms with van der Waals surface area (Å²) in [6, 6.07) is 1.59. The van der Waals surface area contributed by atoms with E-state index in [2.05, 4.69) is 0 Å². The Hall–Kier alpha value is -1.60. The van der Waals surface area contributed by atoms with Crippen LogP contribution in [0, 0.1) is 11.8 Å². The summed E-state index contributed by atoms with van der Waals surface area (Å²) in [4.78, 5) is 36.1. The maximum Gasteiger partial charge on any atom is 0.521 e. The third kappa shape index (κ3) is 3.72. The molecule has 2 rings (SSSR count). The second-order valence-electron chi connectivity index (χ2n) is 6.66. The largest absolute Gasteiger partial charge is 0.521 e. The van der Waals surface area contributed by atoms with Gasteiger partial charge >= 0.3 is 12.0 Å². The number of hydrogen-bond acceptors (Lipinski definition) is 5. The highest BCUT2D eigenvalue weighted by atomic mass is 32.2. The Balaban J connectivity index is 2.15. The summed E-state index contributed by atoms with van der Waals surface area (Å²) in [5.41, 5.74) is 1.02. The van der Waals surface area contributed by atoms with E-state index in [4.69, 9.17) is 4.42 Å². The lowest BCUT2D eigenvalue weighted by molar-refractivity contribution is -0.795. The van der Waals surface area contributed by atoms with E-state index in [1.807, 2.05) is 13.0 Å². The molecule has 2 unspecified atom stereocenters. The quantitative estimate of drug-likeness (QED) is 0.818. The molecule has 0 radical (unpaired) electrons. The predicted molar refractivity (Wildman–Crippen MR) is 90.4 cm³/mol. The molecule has 7 heteroatoms. The van der Waals surface area contributed by atoms with Crippen LogP contribution in [0.5, 0.6) is 0 Å². The van der Waals surface area contributed by atoms with E-state index < -0.39 is 16.5 Å². The Bertz CT molecular complexity index is 615. The number of quaternary nitrogens is 1. The molecule has 1 aromatic rings. The third-order valence-electron chi connectivity index (χ3n) is 4.77. The van der Waals surface area contributed by atoms with E-state index >= 15 is 0 Å². The first-order chi connectivity index (χ1) is 11.3. The highest BCUT2D eigenvalue weighted by Gasteiger charge is 2.57. The van der Waals surface area contributed by atoms with Crippen molar-refractivity contribution in [3.8, 4) is 0 Å². The van der Waals surface area contributed by atoms with Gasteiger partial charge in [-0.3, -0.25) is 4.79 Å². The Morgan fingerprint density at radius 2 is 2.17 bits per heavy atom. The molecule has 0 aliphatic carbocycles. The van der Waals surface area contributed by atoms with Crippen LogP contribution in [-0.2, 0) is 16.0 Å². The van der Waals surface area contributed by atoms with Crippen LogP contribution in [-0.4, -0.2) is 45.0 Å². The monoisotopic (exact) mass is 354 g/mol. The van der Waals surface area contributed by atoms with Gasteiger partial charge in [-0.15, -0.1) is 0 Å². The highest BCUT2D eigenvalue weighted by molar-refractivity contribution is 8.13. The van der Waals surface area contributed by atoms with Gasteiger partial charge in [0.1, 0.15) is 6.04 Å². The Morgan fingerprint density at radius 1 is 1.46 bits per heavy atom. The van der Waals surface area contributed by atoms with Crippen molar-refractivity contribution >= 4 is 28.9 Å². The van der Waals surface area contributed by atoms with Crippen LogP contribution in [0.25, 0.3) is 0 Å². The molecule has 1 aliphatic heterocycles. The third-order valence-corrected chi connectivity index (χ3v) is 5.84. The molecule has 1 fully saturated rings. The normalized spacial score (nSPS) is 27.8. The molecular formula is C17H24NO5S+. The molecule has 132 valence electrons. The van der Waals surface area contributed by atoms with Crippen LogP contribution in [0.1, 0.15) is 32.8 Å². The number of furan rings is 1. The van der Waals surface area contributed by atoms with Gasteiger partial charge < -0.3 is 9.52 Å². The van der Waals surface area contributed by atoms with Crippen molar-refractivity contribution in [2.45, 2.75) is 39.7 Å². The minimum atomic E-state index is -1.10. The maximum absolute atomic E-state index is 12.9. The summed E-state index contributed by atoms with van der Waals surface area (Å²) in [5.74, 6) is -0.352. The second-order valence-corrected chi connectivity index (χ2v) is 7.86. The lowest BCUT2D eigenvalue weighted by Crippen LogP contribution is -2.60. The smallest absolute Gasteiger partial charge is 0.472 e. The van der Waals surface area contributed by atoms with Gasteiger partial charge in [-0.1, -0.05) is 11.8 Å². The van der Waals surface area contributed by atoms with Crippen molar-refractivity contribution in [1.29, 1.82) is 0 Å². The number of carbonyl (C=O) groups excluding carboxylic acids is 2. The average Bonchev–Trinajstić information content (AvgIpc) is 3.12. The van der Waals surface area contributed by atoms with Crippen LogP contribution in [0.3, 0.4) is 0 Å². The van der Waals surface area contributed by atoms with Crippen molar-refractivity contribution in [2.24, 2.45) is 11.8 Å². The van der Waals surface area contributed by atoms with Gasteiger partial charge in [0.05, 0.1) is 25.0 Å². The summed E-state index contributed by atoms with van der Waals surface area (Å²) in [5, 5.41) is 9.77. The number of nitrogens with zero attached hydrogens (tertiary/aromatic N) is 1. The average molecular weight is 354 g/mol. The van der Waals surface area contributed by atoms with Gasteiger partial charge in [0.25, 0.3) is 0 Å². The fourth-order valence-corrected chi connectivity index (χ4v) is 4.22. The maximum atomic E-state index is 12.9. The molecule has 0 bridgehead atoms. The fourth-order valence-electron chi connectivity index (χ4n) is 3.59. The van der Waals surface area contributed by atoms with Crippen LogP contribution in [0.2, 0.25) is 0 Å². The molecule has 0 spiro atoms. The van der Waals surface area contributed by atoms with Gasteiger partial charge in [0.2, 0.25) is 0 Å². The highest BCUT2D eigenvalue weighted by Crippen LogP contribution is 2.36. The molecule has 0 aromatic carbocycles. The van der Waals surface area contributed by atoms with E-state index in [0.717, 1.165) is 17.3 Å². The molecular weight excluding hydrogens is 330 g/mol. The van der Waals surface area contributed by atoms with Gasteiger partial charge in [0.15, 0.2) is 5.12 Å². The van der Waals surface area contributed by atoms with Gasteiger partial charge in [-0.25, -0.2) is 4.79 Å². The number of carboxylic acid groups (broad SMARTS) is 1. The predicted octanol–water partition coefficient (Wildman–Crippen LogP) is 3.17. The number of amides is 2. The van der Waals surface area contributed by atoms with Crippen molar-refractivity contribution in [1.82, 2.24) is 0 Å². The van der Waals surface area contributed by atoms with E-state index in [0.29, 0.717) is 18.6 Å². The molecule has 1 aliphatic rings. The minimum Gasteiger partial charge on any atom is -0.472 e. The van der Waals surface area contributed by atoms with Gasteiger partial charge in [-0.05, 0) is 31.9 Å². The van der Waals surface area contributed by atoms with Crippen molar-refractivity contribution in [2.75, 3.05) is 12.3 Å². The van der Waals surface area contributed by atoms with Crippen molar-refractivity contribution in [3.63, 3.8) is 0 Å². The van der Waals surface area contributed by atoms with E-state index in [-0.39, 0.29) is 29.5 Å². The molecule has 1 N–H and O–H groups in total. The van der Waals surface area contributed by atoms with E-state index in [9.17, 15) is 19.5 Å². The molecule has 0 saturated carbocycles. The Morgan fingerprint density at radius 3 is 2.71 bits per heavy atom. The Kier molecular flexibility index (Phi) is 5.87. The van der Waals surface area contributed by atoms with Crippen LogP contribution >= 0.6 is 11.8 Å². The summed E-state index contributed by atoms with van der Waals surface area (Å²) in [6.45, 7) is 5.27. The van der Waals surface area contributed by atoms with Crippen molar-refractivity contribution in [3.05, 3.63) is 24.2 Å². The first-order valence-electron chi connectivity index (χ1n) is 8.07. The SMILES string of the molecule is CC(=O)SCC(C)C(=O)[N@+]1(C(=O)O)C[C@@H](Cc2ccoc2)CC1C. The van der Waals surface area contributed by atoms with Crippen LogP contribution in [0.15, 0.2) is 23.0 Å². The van der Waals surface area contributed by atoms with Crippen molar-refractivity contribution < 1.29 is 28.4 Å². The summed E-state index contributed by atoms with van der Waals surface area (Å²) >= 11 is 1.07. The molecule has 4 atom stereocenters. The van der Waals surface area contributed by atoms with Gasteiger partial charge in [0, 0.05) is 25.0 Å². The number of hydrogen-bond donors (Lipinski definition) is 1.